The van der Waals surface area contributed by atoms with Crippen LogP contribution in [0.2, 0.25) is 11.6 Å². The third kappa shape index (κ3) is 3.08. The van der Waals surface area contributed by atoms with Gasteiger partial charge in [-0.25, -0.2) is 0 Å². The second-order valence-electron chi connectivity index (χ2n) is 9.92. The summed E-state index contributed by atoms with van der Waals surface area (Å²) in [6.07, 6.45) is 4.47. The molecule has 0 aromatic heterocycles. The van der Waals surface area contributed by atoms with Gasteiger partial charge in [-0.2, -0.15) is 0 Å². The molecule has 3 rings (SSSR count). The van der Waals surface area contributed by atoms with Crippen LogP contribution in [-0.2, 0) is 18.6 Å². The van der Waals surface area contributed by atoms with Gasteiger partial charge in [0.05, 0.1) is 22.4 Å². The van der Waals surface area contributed by atoms with Crippen molar-refractivity contribution in [2.45, 2.75) is 115 Å². The molecule has 0 unspecified atom stereocenters. The Labute approximate surface area is 148 Å². The molecule has 2 aliphatic heterocycles. The first-order valence-electron chi connectivity index (χ1n) is 9.56. The van der Waals surface area contributed by atoms with Crippen molar-refractivity contribution < 1.29 is 18.6 Å². The summed E-state index contributed by atoms with van der Waals surface area (Å²) >= 11 is 0. The summed E-state index contributed by atoms with van der Waals surface area (Å²) in [5.41, 5.74) is -0.943. The average Bonchev–Trinajstić information content (AvgIpc) is 2.79. The first-order valence-corrected chi connectivity index (χ1v) is 9.56. The standard InChI is InChI=1S/C18H34B2O4/c1-15(2)16(3,4)22-19(21-15)13-9-11-14(12-10-13)20-23-17(5,6)18(7,8)24-20/h13-14H,9-12H2,1-8H3. The highest BCUT2D eigenvalue weighted by molar-refractivity contribution is 6.48. The lowest BCUT2D eigenvalue weighted by molar-refractivity contribution is 0.00578. The summed E-state index contributed by atoms with van der Waals surface area (Å²) < 4.78 is 25.0. The van der Waals surface area contributed by atoms with Crippen molar-refractivity contribution in [2.24, 2.45) is 0 Å². The molecule has 0 spiro atoms. The number of hydrogen-bond donors (Lipinski definition) is 0. The Morgan fingerprint density at radius 3 is 0.917 bits per heavy atom. The molecule has 0 aromatic carbocycles. The molecule has 1 saturated carbocycles. The minimum Gasteiger partial charge on any atom is -0.403 e. The van der Waals surface area contributed by atoms with Crippen LogP contribution >= 0.6 is 0 Å². The highest BCUT2D eigenvalue weighted by atomic mass is 16.7. The van der Waals surface area contributed by atoms with Gasteiger partial charge in [-0.1, -0.05) is 25.7 Å². The maximum Gasteiger partial charge on any atom is 0.461 e. The molecule has 24 heavy (non-hydrogen) atoms. The first-order chi connectivity index (χ1) is 10.8. The Morgan fingerprint density at radius 1 is 0.500 bits per heavy atom. The maximum atomic E-state index is 6.25. The zero-order valence-electron chi connectivity index (χ0n) is 16.8. The van der Waals surface area contributed by atoms with Crippen molar-refractivity contribution in [1.82, 2.24) is 0 Å². The summed E-state index contributed by atoms with van der Waals surface area (Å²) in [4.78, 5) is 0. The van der Waals surface area contributed by atoms with Gasteiger partial charge in [-0.15, -0.1) is 0 Å². The summed E-state index contributed by atoms with van der Waals surface area (Å²) in [7, 11) is -0.150. The van der Waals surface area contributed by atoms with E-state index in [0.29, 0.717) is 11.6 Å². The van der Waals surface area contributed by atoms with E-state index in [2.05, 4.69) is 55.4 Å². The molecule has 0 bridgehead atoms. The SMILES string of the molecule is CC1(C)OB(C2CCC(B3OC(C)(C)C(C)(C)O3)CC2)OC1(C)C. The fraction of sp³-hybridized carbons (Fsp3) is 1.00. The van der Waals surface area contributed by atoms with Gasteiger partial charge in [0.25, 0.3) is 0 Å². The fourth-order valence-electron chi connectivity index (χ4n) is 3.85. The lowest BCUT2D eigenvalue weighted by Gasteiger charge is -2.32. The van der Waals surface area contributed by atoms with E-state index < -0.39 is 0 Å². The molecule has 136 valence electrons. The van der Waals surface area contributed by atoms with Crippen LogP contribution in [0.5, 0.6) is 0 Å². The van der Waals surface area contributed by atoms with E-state index in [9.17, 15) is 0 Å². The minimum atomic E-state index is -0.236. The minimum absolute atomic E-state index is 0.0748. The van der Waals surface area contributed by atoms with Gasteiger partial charge in [-0.3, -0.25) is 0 Å². The van der Waals surface area contributed by atoms with E-state index in [-0.39, 0.29) is 36.6 Å². The fourth-order valence-corrected chi connectivity index (χ4v) is 3.85. The van der Waals surface area contributed by atoms with Gasteiger partial charge in [0.1, 0.15) is 0 Å². The Kier molecular flexibility index (Phi) is 4.48. The van der Waals surface area contributed by atoms with Crippen LogP contribution in [0, 0.1) is 0 Å². The van der Waals surface area contributed by atoms with Crippen LogP contribution in [-0.4, -0.2) is 36.6 Å². The van der Waals surface area contributed by atoms with Gasteiger partial charge >= 0.3 is 14.2 Å². The van der Waals surface area contributed by atoms with E-state index in [1.807, 2.05) is 0 Å². The molecule has 0 N–H and O–H groups in total. The van der Waals surface area contributed by atoms with Crippen LogP contribution < -0.4 is 0 Å². The van der Waals surface area contributed by atoms with Crippen LogP contribution in [0.4, 0.5) is 0 Å². The smallest absolute Gasteiger partial charge is 0.403 e. The molecule has 0 atom stereocenters. The molecule has 4 nitrogen and oxygen atoms in total. The van der Waals surface area contributed by atoms with Gasteiger partial charge < -0.3 is 18.6 Å². The Bertz CT molecular complexity index is 405. The summed E-state index contributed by atoms with van der Waals surface area (Å²) in [6, 6.07) is 0. The molecular weight excluding hydrogens is 302 g/mol. The van der Waals surface area contributed by atoms with Gasteiger partial charge in [0.2, 0.25) is 0 Å². The lowest BCUT2D eigenvalue weighted by atomic mass is 9.56. The quantitative estimate of drug-likeness (QED) is 0.697. The maximum absolute atomic E-state index is 6.25. The van der Waals surface area contributed by atoms with Crippen LogP contribution in [0.15, 0.2) is 0 Å². The lowest BCUT2D eigenvalue weighted by Crippen LogP contribution is -2.41. The molecule has 0 amide bonds. The Balaban J connectivity index is 1.56. The molecule has 1 aliphatic carbocycles. The van der Waals surface area contributed by atoms with E-state index in [0.717, 1.165) is 25.7 Å². The molecular formula is C18H34B2O4. The molecule has 2 saturated heterocycles. The zero-order valence-corrected chi connectivity index (χ0v) is 16.8. The van der Waals surface area contributed by atoms with Crippen molar-refractivity contribution >= 4 is 14.2 Å². The summed E-state index contributed by atoms with van der Waals surface area (Å²) in [5, 5.41) is 0. The molecule has 6 heteroatoms. The van der Waals surface area contributed by atoms with Crippen molar-refractivity contribution in [2.75, 3.05) is 0 Å². The second kappa shape index (κ2) is 5.73. The predicted octanol–water partition coefficient (Wildman–Crippen LogP) is 4.49. The Hall–Kier alpha value is -0.0301. The van der Waals surface area contributed by atoms with E-state index in [1.165, 1.54) is 0 Å². The molecule has 2 heterocycles. The van der Waals surface area contributed by atoms with Crippen molar-refractivity contribution in [3.8, 4) is 0 Å². The van der Waals surface area contributed by atoms with E-state index in [1.54, 1.807) is 0 Å². The first kappa shape index (κ1) is 18.8. The van der Waals surface area contributed by atoms with E-state index in [4.69, 9.17) is 18.6 Å². The predicted molar refractivity (Wildman–Crippen MR) is 98.1 cm³/mol. The molecule has 0 aromatic rings. The topological polar surface area (TPSA) is 36.9 Å². The van der Waals surface area contributed by atoms with Crippen molar-refractivity contribution in [3.05, 3.63) is 0 Å². The van der Waals surface area contributed by atoms with Gasteiger partial charge in [0, 0.05) is 0 Å². The molecule has 3 aliphatic rings. The Morgan fingerprint density at radius 2 is 0.708 bits per heavy atom. The summed E-state index contributed by atoms with van der Waals surface area (Å²) in [5.74, 6) is 0.953. The van der Waals surface area contributed by atoms with Crippen LogP contribution in [0.1, 0.15) is 81.1 Å². The molecule has 0 radical (unpaired) electrons. The third-order valence-corrected chi connectivity index (χ3v) is 7.13. The average molecular weight is 336 g/mol. The van der Waals surface area contributed by atoms with Gasteiger partial charge in [-0.05, 0) is 67.0 Å². The normalized spacial score (nSPS) is 37.0. The van der Waals surface area contributed by atoms with Crippen LogP contribution in [0.25, 0.3) is 0 Å². The second-order valence-corrected chi connectivity index (χ2v) is 9.92. The van der Waals surface area contributed by atoms with Crippen LogP contribution in [0.3, 0.4) is 0 Å². The number of rotatable bonds is 2. The summed E-state index contributed by atoms with van der Waals surface area (Å²) in [6.45, 7) is 17.0. The highest BCUT2D eigenvalue weighted by Crippen LogP contribution is 2.49. The van der Waals surface area contributed by atoms with Crippen molar-refractivity contribution in [1.29, 1.82) is 0 Å². The van der Waals surface area contributed by atoms with Crippen molar-refractivity contribution in [3.63, 3.8) is 0 Å². The van der Waals surface area contributed by atoms with Gasteiger partial charge in [0.15, 0.2) is 0 Å². The third-order valence-electron chi connectivity index (χ3n) is 7.13. The zero-order chi connectivity index (χ0) is 18.0. The largest absolute Gasteiger partial charge is 0.461 e. The molecule has 3 fully saturated rings. The van der Waals surface area contributed by atoms with E-state index >= 15 is 0 Å². The monoisotopic (exact) mass is 336 g/mol. The highest BCUT2D eigenvalue weighted by Gasteiger charge is 2.56. The number of hydrogen-bond acceptors (Lipinski definition) is 4.